The Hall–Kier alpha value is -4.13. The van der Waals surface area contributed by atoms with Gasteiger partial charge in [-0.3, -0.25) is 14.9 Å². The first-order chi connectivity index (χ1) is 15.1. The summed E-state index contributed by atoms with van der Waals surface area (Å²) in [5.41, 5.74) is 2.95. The number of nitro benzene ring substituents is 1. The Morgan fingerprint density at radius 1 is 0.968 bits per heavy atom. The number of benzene rings is 3. The van der Waals surface area contributed by atoms with Gasteiger partial charge in [-0.1, -0.05) is 36.4 Å². The Balaban J connectivity index is 1.66. The summed E-state index contributed by atoms with van der Waals surface area (Å²) in [4.78, 5) is 29.7. The Morgan fingerprint density at radius 3 is 2.42 bits per heavy atom. The highest BCUT2D eigenvalue weighted by Crippen LogP contribution is 2.52. The second-order valence-corrected chi connectivity index (χ2v) is 7.43. The molecule has 1 amide bonds. The maximum atomic E-state index is 13.4. The molecular formula is C24H19N3O4. The molecular weight excluding hydrogens is 394 g/mol. The van der Waals surface area contributed by atoms with Gasteiger partial charge in [0.2, 0.25) is 5.91 Å². The van der Waals surface area contributed by atoms with Crippen LogP contribution in [-0.4, -0.2) is 22.9 Å². The highest BCUT2D eigenvalue weighted by molar-refractivity contribution is 6.09. The summed E-state index contributed by atoms with van der Waals surface area (Å²) < 4.78 is 5.22. The van der Waals surface area contributed by atoms with Crippen LogP contribution in [0.5, 0.6) is 5.75 Å². The van der Waals surface area contributed by atoms with E-state index >= 15 is 0 Å². The lowest BCUT2D eigenvalue weighted by molar-refractivity contribution is -0.385. The average molecular weight is 413 g/mol. The second-order valence-electron chi connectivity index (χ2n) is 7.43. The molecule has 0 radical (unpaired) electrons. The van der Waals surface area contributed by atoms with Crippen LogP contribution in [0.3, 0.4) is 0 Å². The van der Waals surface area contributed by atoms with Gasteiger partial charge in [-0.05, 0) is 35.9 Å². The fraction of sp³-hybridized carbons (Fsp3) is 0.125. The van der Waals surface area contributed by atoms with Gasteiger partial charge in [-0.2, -0.15) is 0 Å². The molecule has 7 nitrogen and oxygen atoms in total. The third-order valence-electron chi connectivity index (χ3n) is 5.86. The van der Waals surface area contributed by atoms with Gasteiger partial charge in [0.15, 0.2) is 0 Å². The number of ether oxygens (including phenoxy) is 1. The summed E-state index contributed by atoms with van der Waals surface area (Å²) in [7, 11) is 1.58. The van der Waals surface area contributed by atoms with Crippen LogP contribution in [0, 0.1) is 10.1 Å². The molecule has 1 aromatic heterocycles. The molecule has 1 saturated heterocycles. The van der Waals surface area contributed by atoms with Gasteiger partial charge in [0.05, 0.1) is 29.6 Å². The van der Waals surface area contributed by atoms with Crippen LogP contribution in [0.15, 0.2) is 79.0 Å². The quantitative estimate of drug-likeness (QED) is 0.285. The molecule has 2 unspecified atom stereocenters. The normalized spacial score (nSPS) is 18.1. The number of nitrogens with zero attached hydrogens (tertiary/aromatic N) is 2. The van der Waals surface area contributed by atoms with E-state index in [0.717, 1.165) is 16.5 Å². The van der Waals surface area contributed by atoms with Gasteiger partial charge >= 0.3 is 0 Å². The van der Waals surface area contributed by atoms with E-state index in [9.17, 15) is 14.9 Å². The number of methoxy groups -OCH3 is 1. The molecule has 0 bridgehead atoms. The van der Waals surface area contributed by atoms with E-state index in [0.29, 0.717) is 17.0 Å². The van der Waals surface area contributed by atoms with Crippen LogP contribution in [0.4, 0.5) is 11.4 Å². The molecule has 31 heavy (non-hydrogen) atoms. The number of aromatic nitrogens is 1. The number of aromatic amines is 1. The number of carbonyl (C=O) groups excluding carboxylic acids is 1. The Morgan fingerprint density at radius 2 is 1.68 bits per heavy atom. The van der Waals surface area contributed by atoms with Gasteiger partial charge < -0.3 is 14.6 Å². The number of carbonyl (C=O) groups is 1. The molecule has 2 atom stereocenters. The van der Waals surface area contributed by atoms with E-state index in [2.05, 4.69) is 4.98 Å². The van der Waals surface area contributed by atoms with Crippen molar-refractivity contribution in [3.05, 3.63) is 100 Å². The zero-order valence-electron chi connectivity index (χ0n) is 16.7. The fourth-order valence-corrected chi connectivity index (χ4v) is 4.40. The lowest BCUT2D eigenvalue weighted by Gasteiger charge is -2.47. The predicted molar refractivity (Wildman–Crippen MR) is 117 cm³/mol. The Bertz CT molecular complexity index is 1300. The summed E-state index contributed by atoms with van der Waals surface area (Å²) in [5.74, 6) is 0.0459. The number of rotatable bonds is 5. The molecule has 5 rings (SSSR count). The molecule has 1 N–H and O–H groups in total. The average Bonchev–Trinajstić information content (AvgIpc) is 3.21. The van der Waals surface area contributed by atoms with E-state index in [4.69, 9.17) is 4.74 Å². The molecule has 1 aliphatic heterocycles. The third kappa shape index (κ3) is 2.93. The SMILES string of the molecule is COc1ccc(N2C(=O)C(c3c[nH]c4ccccc34)C2c2ccccc2[N+](=O)[O-])cc1. The number of hydrogen-bond donors (Lipinski definition) is 1. The minimum Gasteiger partial charge on any atom is -0.497 e. The zero-order chi connectivity index (χ0) is 21.5. The first-order valence-electron chi connectivity index (χ1n) is 9.86. The van der Waals surface area contributed by atoms with E-state index in [1.807, 2.05) is 30.5 Å². The van der Waals surface area contributed by atoms with Gasteiger partial charge in [-0.25, -0.2) is 0 Å². The molecule has 154 valence electrons. The number of hydrogen-bond acceptors (Lipinski definition) is 4. The van der Waals surface area contributed by atoms with E-state index in [1.165, 1.54) is 6.07 Å². The van der Waals surface area contributed by atoms with Crippen molar-refractivity contribution >= 4 is 28.2 Å². The second kappa shape index (κ2) is 7.28. The fourth-order valence-electron chi connectivity index (χ4n) is 4.40. The molecule has 3 aromatic carbocycles. The highest BCUT2D eigenvalue weighted by atomic mass is 16.6. The van der Waals surface area contributed by atoms with Crippen LogP contribution in [-0.2, 0) is 4.79 Å². The molecule has 7 heteroatoms. The van der Waals surface area contributed by atoms with Crippen molar-refractivity contribution in [1.29, 1.82) is 0 Å². The van der Waals surface area contributed by atoms with Crippen molar-refractivity contribution in [3.63, 3.8) is 0 Å². The predicted octanol–water partition coefficient (Wildman–Crippen LogP) is 4.96. The maximum absolute atomic E-state index is 13.4. The number of nitro groups is 1. The summed E-state index contributed by atoms with van der Waals surface area (Å²) >= 11 is 0. The lowest BCUT2D eigenvalue weighted by atomic mass is 9.76. The molecule has 1 fully saturated rings. The first kappa shape index (κ1) is 18.9. The van der Waals surface area contributed by atoms with E-state index in [-0.39, 0.29) is 11.6 Å². The summed E-state index contributed by atoms with van der Waals surface area (Å²) in [6.45, 7) is 0. The summed E-state index contributed by atoms with van der Waals surface area (Å²) in [6, 6.07) is 21.0. The standard InChI is InChI=1S/C24H19N3O4/c1-31-16-12-10-15(11-13-16)26-23(18-7-3-5-9-21(18)27(29)30)22(24(26)28)19-14-25-20-8-4-2-6-17(19)20/h2-14,22-23,25H,1H3. The van der Waals surface area contributed by atoms with Crippen LogP contribution in [0.2, 0.25) is 0 Å². The lowest BCUT2D eigenvalue weighted by Crippen LogP contribution is -2.53. The first-order valence-corrected chi connectivity index (χ1v) is 9.86. The molecule has 0 saturated carbocycles. The topological polar surface area (TPSA) is 88.5 Å². The van der Waals surface area contributed by atoms with E-state index < -0.39 is 16.9 Å². The number of nitrogens with one attached hydrogen (secondary N) is 1. The number of fused-ring (bicyclic) bond motifs is 1. The largest absolute Gasteiger partial charge is 0.497 e. The minimum atomic E-state index is -0.528. The van der Waals surface area contributed by atoms with Crippen LogP contribution in [0.25, 0.3) is 10.9 Å². The zero-order valence-corrected chi connectivity index (χ0v) is 16.7. The monoisotopic (exact) mass is 413 g/mol. The van der Waals surface area contributed by atoms with Gasteiger partial charge in [0.25, 0.3) is 5.69 Å². The summed E-state index contributed by atoms with van der Waals surface area (Å²) in [5, 5.41) is 12.7. The Labute approximate surface area is 178 Å². The Kier molecular flexibility index (Phi) is 4.43. The molecule has 0 spiro atoms. The van der Waals surface area contributed by atoms with Crippen molar-refractivity contribution in [2.24, 2.45) is 0 Å². The van der Waals surface area contributed by atoms with Crippen molar-refractivity contribution in [2.75, 3.05) is 12.0 Å². The number of β-lactam (4-membered cyclic amide) rings is 1. The van der Waals surface area contributed by atoms with E-state index in [1.54, 1.807) is 54.5 Å². The van der Waals surface area contributed by atoms with Crippen LogP contribution < -0.4 is 9.64 Å². The van der Waals surface area contributed by atoms with Crippen LogP contribution in [0.1, 0.15) is 23.1 Å². The van der Waals surface area contributed by atoms with Gasteiger partial charge in [0, 0.05) is 28.9 Å². The summed E-state index contributed by atoms with van der Waals surface area (Å²) in [6.07, 6.45) is 1.83. The number of amides is 1. The van der Waals surface area contributed by atoms with Gasteiger partial charge in [0.1, 0.15) is 5.75 Å². The number of para-hydroxylation sites is 2. The van der Waals surface area contributed by atoms with Crippen molar-refractivity contribution in [1.82, 2.24) is 4.98 Å². The highest BCUT2D eigenvalue weighted by Gasteiger charge is 2.52. The molecule has 1 aliphatic rings. The number of H-pyrrole nitrogens is 1. The molecule has 4 aromatic rings. The van der Waals surface area contributed by atoms with Crippen molar-refractivity contribution in [2.45, 2.75) is 12.0 Å². The maximum Gasteiger partial charge on any atom is 0.274 e. The van der Waals surface area contributed by atoms with Gasteiger partial charge in [-0.15, -0.1) is 0 Å². The molecule has 0 aliphatic carbocycles. The van der Waals surface area contributed by atoms with Crippen molar-refractivity contribution < 1.29 is 14.5 Å². The smallest absolute Gasteiger partial charge is 0.274 e. The number of anilines is 1. The minimum absolute atomic E-state index is 0.00310. The molecule has 2 heterocycles. The third-order valence-corrected chi connectivity index (χ3v) is 5.86. The van der Waals surface area contributed by atoms with Crippen molar-refractivity contribution in [3.8, 4) is 5.75 Å². The van der Waals surface area contributed by atoms with Crippen LogP contribution >= 0.6 is 0 Å².